The predicted octanol–water partition coefficient (Wildman–Crippen LogP) is 1.81. The maximum absolute atomic E-state index is 11.4. The quantitative estimate of drug-likeness (QED) is 0.863. The Bertz CT molecular complexity index is 366. The highest BCUT2D eigenvalue weighted by Crippen LogP contribution is 2.09. The molecule has 17 heavy (non-hydrogen) atoms. The van der Waals surface area contributed by atoms with Crippen LogP contribution in [0.2, 0.25) is 0 Å². The average Bonchev–Trinajstić information content (AvgIpc) is 2.21. The molecule has 1 unspecified atom stereocenters. The Morgan fingerprint density at radius 3 is 2.47 bits per heavy atom. The van der Waals surface area contributed by atoms with Crippen molar-refractivity contribution in [3.8, 4) is 0 Å². The van der Waals surface area contributed by atoms with Gasteiger partial charge in [-0.05, 0) is 38.3 Å². The van der Waals surface area contributed by atoms with Gasteiger partial charge in [0.1, 0.15) is 0 Å². The summed E-state index contributed by atoms with van der Waals surface area (Å²) in [5.41, 5.74) is 8.01. The minimum Gasteiger partial charge on any atom is -0.352 e. The smallest absolute Gasteiger partial charge is 0.236 e. The van der Waals surface area contributed by atoms with Gasteiger partial charge in [0.15, 0.2) is 0 Å². The number of hydrogen-bond acceptors (Lipinski definition) is 2. The van der Waals surface area contributed by atoms with Gasteiger partial charge in [0, 0.05) is 6.04 Å². The van der Waals surface area contributed by atoms with Gasteiger partial charge in [-0.2, -0.15) is 0 Å². The minimum absolute atomic E-state index is 0. The number of nitrogens with two attached hydrogens (primary N) is 1. The molecule has 2 atom stereocenters. The molecule has 0 spiro atoms. The third-order valence-corrected chi connectivity index (χ3v) is 2.59. The largest absolute Gasteiger partial charge is 0.352 e. The lowest BCUT2D eigenvalue weighted by atomic mass is 10.0. The maximum Gasteiger partial charge on any atom is 0.236 e. The third kappa shape index (κ3) is 5.20. The van der Waals surface area contributed by atoms with Crippen molar-refractivity contribution in [2.45, 2.75) is 39.3 Å². The molecule has 3 N–H and O–H groups in total. The summed E-state index contributed by atoms with van der Waals surface area (Å²) in [7, 11) is 0. The standard InChI is InChI=1S/C13H20N2O.ClH/c1-9-6-4-5-7-12(9)8-10(2)15-13(16)11(3)14;/h4-7,10-11H,8,14H2,1-3H3,(H,15,16);1H/t10?,11-;/m0./s1. The van der Waals surface area contributed by atoms with Crippen molar-refractivity contribution in [1.82, 2.24) is 5.32 Å². The van der Waals surface area contributed by atoms with E-state index >= 15 is 0 Å². The van der Waals surface area contributed by atoms with E-state index in [1.165, 1.54) is 11.1 Å². The molecule has 0 radical (unpaired) electrons. The summed E-state index contributed by atoms with van der Waals surface area (Å²) in [4.78, 5) is 11.4. The van der Waals surface area contributed by atoms with Crippen molar-refractivity contribution in [1.29, 1.82) is 0 Å². The highest BCUT2D eigenvalue weighted by Gasteiger charge is 2.11. The molecule has 0 fully saturated rings. The predicted molar refractivity (Wildman–Crippen MR) is 73.4 cm³/mol. The molecule has 1 aromatic carbocycles. The number of amides is 1. The fourth-order valence-electron chi connectivity index (χ4n) is 1.59. The van der Waals surface area contributed by atoms with Crippen molar-refractivity contribution in [3.05, 3.63) is 35.4 Å². The Morgan fingerprint density at radius 2 is 1.94 bits per heavy atom. The molecule has 0 aliphatic carbocycles. The molecular formula is C13H21ClN2O. The Labute approximate surface area is 109 Å². The molecule has 0 aromatic heterocycles. The molecule has 96 valence electrons. The van der Waals surface area contributed by atoms with Gasteiger partial charge < -0.3 is 11.1 Å². The van der Waals surface area contributed by atoms with Gasteiger partial charge in [-0.25, -0.2) is 0 Å². The van der Waals surface area contributed by atoms with Crippen molar-refractivity contribution in [2.75, 3.05) is 0 Å². The molecule has 0 heterocycles. The zero-order valence-corrected chi connectivity index (χ0v) is 11.4. The fraction of sp³-hybridized carbons (Fsp3) is 0.462. The minimum atomic E-state index is -0.445. The van der Waals surface area contributed by atoms with Crippen molar-refractivity contribution in [3.63, 3.8) is 0 Å². The highest BCUT2D eigenvalue weighted by molar-refractivity contribution is 5.85. The van der Waals surface area contributed by atoms with Crippen LogP contribution in [0.25, 0.3) is 0 Å². The van der Waals surface area contributed by atoms with Gasteiger partial charge in [-0.15, -0.1) is 12.4 Å². The van der Waals surface area contributed by atoms with Gasteiger partial charge in [-0.3, -0.25) is 4.79 Å². The zero-order valence-electron chi connectivity index (χ0n) is 10.6. The second-order valence-corrected chi connectivity index (χ2v) is 4.33. The summed E-state index contributed by atoms with van der Waals surface area (Å²) in [6, 6.07) is 7.87. The maximum atomic E-state index is 11.4. The van der Waals surface area contributed by atoms with Crippen molar-refractivity contribution >= 4 is 18.3 Å². The first kappa shape index (κ1) is 15.9. The lowest BCUT2D eigenvalue weighted by Gasteiger charge is -2.16. The number of benzene rings is 1. The van der Waals surface area contributed by atoms with E-state index in [-0.39, 0.29) is 24.4 Å². The molecule has 1 rings (SSSR count). The molecule has 0 saturated heterocycles. The number of aryl methyl sites for hydroxylation is 1. The van der Waals surface area contributed by atoms with E-state index in [2.05, 4.69) is 24.4 Å². The Balaban J connectivity index is 0.00000256. The first-order valence-corrected chi connectivity index (χ1v) is 5.61. The summed E-state index contributed by atoms with van der Waals surface area (Å²) in [5, 5.41) is 2.89. The lowest BCUT2D eigenvalue weighted by Crippen LogP contribution is -2.43. The number of rotatable bonds is 4. The van der Waals surface area contributed by atoms with Crippen LogP contribution in [-0.2, 0) is 11.2 Å². The number of halogens is 1. The van der Waals surface area contributed by atoms with Crippen LogP contribution in [0.4, 0.5) is 0 Å². The fourth-order valence-corrected chi connectivity index (χ4v) is 1.59. The number of carbonyl (C=O) groups is 1. The van der Waals surface area contributed by atoms with Crippen LogP contribution in [0.1, 0.15) is 25.0 Å². The van der Waals surface area contributed by atoms with E-state index in [0.29, 0.717) is 0 Å². The average molecular weight is 257 g/mol. The Hall–Kier alpha value is -1.06. The van der Waals surface area contributed by atoms with Gasteiger partial charge in [0.2, 0.25) is 5.91 Å². The molecular weight excluding hydrogens is 236 g/mol. The van der Waals surface area contributed by atoms with Gasteiger partial charge in [-0.1, -0.05) is 24.3 Å². The van der Waals surface area contributed by atoms with Crippen LogP contribution in [0.15, 0.2) is 24.3 Å². The van der Waals surface area contributed by atoms with Crippen LogP contribution in [0.5, 0.6) is 0 Å². The SMILES string of the molecule is Cc1ccccc1CC(C)NC(=O)[C@H](C)N.Cl. The van der Waals surface area contributed by atoms with Crippen LogP contribution in [0.3, 0.4) is 0 Å². The van der Waals surface area contributed by atoms with Crippen LogP contribution in [0, 0.1) is 6.92 Å². The Morgan fingerprint density at radius 1 is 1.35 bits per heavy atom. The topological polar surface area (TPSA) is 55.1 Å². The van der Waals surface area contributed by atoms with E-state index in [0.717, 1.165) is 6.42 Å². The number of nitrogens with one attached hydrogen (secondary N) is 1. The molecule has 1 aromatic rings. The first-order valence-electron chi connectivity index (χ1n) is 5.61. The van der Waals surface area contributed by atoms with Crippen LogP contribution < -0.4 is 11.1 Å². The van der Waals surface area contributed by atoms with E-state index in [4.69, 9.17) is 5.73 Å². The summed E-state index contributed by atoms with van der Waals surface area (Å²) in [6.07, 6.45) is 0.838. The normalized spacial score (nSPS) is 13.4. The zero-order chi connectivity index (χ0) is 12.1. The van der Waals surface area contributed by atoms with E-state index in [1.807, 2.05) is 19.1 Å². The molecule has 0 saturated carbocycles. The molecule has 3 nitrogen and oxygen atoms in total. The van der Waals surface area contributed by atoms with Gasteiger partial charge in [0.05, 0.1) is 6.04 Å². The third-order valence-electron chi connectivity index (χ3n) is 2.59. The van der Waals surface area contributed by atoms with Gasteiger partial charge >= 0.3 is 0 Å². The Kier molecular flexibility index (Phi) is 6.85. The molecule has 0 aliphatic heterocycles. The highest BCUT2D eigenvalue weighted by atomic mass is 35.5. The first-order chi connectivity index (χ1) is 7.50. The van der Waals surface area contributed by atoms with E-state index in [1.54, 1.807) is 6.92 Å². The summed E-state index contributed by atoms with van der Waals surface area (Å²) >= 11 is 0. The lowest BCUT2D eigenvalue weighted by molar-refractivity contribution is -0.122. The van der Waals surface area contributed by atoms with Crippen LogP contribution in [-0.4, -0.2) is 18.0 Å². The van der Waals surface area contributed by atoms with E-state index < -0.39 is 6.04 Å². The second-order valence-electron chi connectivity index (χ2n) is 4.33. The molecule has 0 bridgehead atoms. The monoisotopic (exact) mass is 256 g/mol. The summed E-state index contributed by atoms with van der Waals surface area (Å²) in [5.74, 6) is -0.0962. The van der Waals surface area contributed by atoms with Crippen LogP contribution >= 0.6 is 12.4 Å². The number of carbonyl (C=O) groups excluding carboxylic acids is 1. The second kappa shape index (κ2) is 7.30. The van der Waals surface area contributed by atoms with Crippen molar-refractivity contribution < 1.29 is 4.79 Å². The molecule has 4 heteroatoms. The van der Waals surface area contributed by atoms with E-state index in [9.17, 15) is 4.79 Å². The number of hydrogen-bond donors (Lipinski definition) is 2. The molecule has 0 aliphatic rings. The van der Waals surface area contributed by atoms with Crippen molar-refractivity contribution in [2.24, 2.45) is 5.73 Å². The summed E-state index contributed by atoms with van der Waals surface area (Å²) < 4.78 is 0. The van der Waals surface area contributed by atoms with Gasteiger partial charge in [0.25, 0.3) is 0 Å². The molecule has 1 amide bonds. The summed E-state index contributed by atoms with van der Waals surface area (Å²) in [6.45, 7) is 5.76.